The summed E-state index contributed by atoms with van der Waals surface area (Å²) in [5, 5.41) is 8.12. The van der Waals surface area contributed by atoms with Gasteiger partial charge in [-0.2, -0.15) is 13.2 Å². The van der Waals surface area contributed by atoms with Crippen molar-refractivity contribution in [2.45, 2.75) is 25.6 Å². The van der Waals surface area contributed by atoms with Crippen LogP contribution in [0.5, 0.6) is 5.19 Å². The van der Waals surface area contributed by atoms with E-state index in [-0.39, 0.29) is 24.8 Å². The fourth-order valence-corrected chi connectivity index (χ4v) is 1.40. The van der Waals surface area contributed by atoms with Gasteiger partial charge in [-0.1, -0.05) is 11.3 Å². The van der Waals surface area contributed by atoms with Crippen LogP contribution in [0.3, 0.4) is 0 Å². The van der Waals surface area contributed by atoms with Gasteiger partial charge >= 0.3 is 6.18 Å². The summed E-state index contributed by atoms with van der Waals surface area (Å²) >= 11 is 1.14. The molecule has 0 atom stereocenters. The van der Waals surface area contributed by atoms with Crippen LogP contribution in [-0.4, -0.2) is 23.0 Å². The summed E-state index contributed by atoms with van der Waals surface area (Å²) in [6, 6.07) is 0. The molecule has 8 heteroatoms. The van der Waals surface area contributed by atoms with Crippen molar-refractivity contribution < 1.29 is 17.9 Å². The fraction of sp³-hybridized carbons (Fsp3) is 0.714. The highest BCUT2D eigenvalue weighted by Gasteiger charge is 2.26. The van der Waals surface area contributed by atoms with E-state index in [1.807, 2.05) is 0 Å². The lowest BCUT2D eigenvalue weighted by Gasteiger charge is -2.05. The summed E-state index contributed by atoms with van der Waals surface area (Å²) in [5.74, 6) is 0. The van der Waals surface area contributed by atoms with Crippen LogP contribution in [0.4, 0.5) is 13.2 Å². The summed E-state index contributed by atoms with van der Waals surface area (Å²) < 4.78 is 40.2. The third-order valence-corrected chi connectivity index (χ3v) is 2.31. The van der Waals surface area contributed by atoms with E-state index in [9.17, 15) is 13.2 Å². The predicted octanol–water partition coefficient (Wildman–Crippen LogP) is 1.72. The molecule has 0 aliphatic heterocycles. The van der Waals surface area contributed by atoms with Gasteiger partial charge in [0.2, 0.25) is 0 Å². The van der Waals surface area contributed by atoms with Crippen molar-refractivity contribution in [3.8, 4) is 5.19 Å². The van der Waals surface area contributed by atoms with E-state index in [0.717, 1.165) is 11.3 Å². The summed E-state index contributed by atoms with van der Waals surface area (Å²) in [6.07, 6.45) is -5.07. The summed E-state index contributed by atoms with van der Waals surface area (Å²) in [5.41, 5.74) is 5.28. The molecule has 0 spiro atoms. The Balaban J connectivity index is 2.20. The highest BCUT2D eigenvalue weighted by atomic mass is 32.1. The van der Waals surface area contributed by atoms with Crippen LogP contribution in [-0.2, 0) is 6.54 Å². The number of rotatable bonds is 5. The molecular weight excluding hydrogens is 231 g/mol. The zero-order valence-corrected chi connectivity index (χ0v) is 8.57. The van der Waals surface area contributed by atoms with Crippen molar-refractivity contribution >= 4 is 11.3 Å². The lowest BCUT2D eigenvalue weighted by molar-refractivity contribution is -0.136. The van der Waals surface area contributed by atoms with Crippen molar-refractivity contribution in [3.05, 3.63) is 5.01 Å². The van der Waals surface area contributed by atoms with E-state index in [1.54, 1.807) is 0 Å². The first-order chi connectivity index (χ1) is 7.01. The van der Waals surface area contributed by atoms with Gasteiger partial charge in [-0.15, -0.1) is 10.2 Å². The minimum absolute atomic E-state index is 0.0152. The minimum Gasteiger partial charge on any atom is -0.469 e. The first-order valence-corrected chi connectivity index (χ1v) is 5.05. The maximum Gasteiger partial charge on any atom is 0.389 e. The quantitative estimate of drug-likeness (QED) is 0.797. The average Bonchev–Trinajstić information content (AvgIpc) is 2.59. The van der Waals surface area contributed by atoms with Crippen molar-refractivity contribution in [3.63, 3.8) is 0 Å². The molecule has 0 amide bonds. The second-order valence-corrected chi connectivity index (χ2v) is 3.76. The van der Waals surface area contributed by atoms with Gasteiger partial charge in [0, 0.05) is 13.0 Å². The Hall–Kier alpha value is -0.890. The molecule has 1 aromatic heterocycles. The summed E-state index contributed by atoms with van der Waals surface area (Å²) in [6.45, 7) is 0.238. The molecule has 2 N–H and O–H groups in total. The molecule has 0 bridgehead atoms. The predicted molar refractivity (Wildman–Crippen MR) is 48.6 cm³/mol. The topological polar surface area (TPSA) is 61.0 Å². The van der Waals surface area contributed by atoms with Crippen LogP contribution in [0.15, 0.2) is 0 Å². The van der Waals surface area contributed by atoms with Crippen molar-refractivity contribution in [2.24, 2.45) is 5.73 Å². The van der Waals surface area contributed by atoms with Crippen LogP contribution < -0.4 is 10.5 Å². The number of alkyl halides is 3. The maximum absolute atomic E-state index is 11.7. The lowest BCUT2D eigenvalue weighted by Crippen LogP contribution is -2.09. The molecule has 0 saturated heterocycles. The molecular formula is C7H10F3N3OS. The number of nitrogens with two attached hydrogens (primary N) is 1. The first-order valence-electron chi connectivity index (χ1n) is 4.23. The summed E-state index contributed by atoms with van der Waals surface area (Å²) in [4.78, 5) is 0. The molecule has 1 rings (SSSR count). The Kier molecular flexibility index (Phi) is 4.28. The van der Waals surface area contributed by atoms with Crippen LogP contribution in [0.25, 0.3) is 0 Å². The molecule has 1 aromatic rings. The Bertz CT molecular complexity index is 302. The van der Waals surface area contributed by atoms with Gasteiger partial charge in [0.05, 0.1) is 6.61 Å². The Labute approximate surface area is 88.3 Å². The molecule has 15 heavy (non-hydrogen) atoms. The van der Waals surface area contributed by atoms with Gasteiger partial charge in [0.15, 0.2) is 0 Å². The van der Waals surface area contributed by atoms with Crippen LogP contribution in [0.1, 0.15) is 17.8 Å². The van der Waals surface area contributed by atoms with Crippen LogP contribution >= 0.6 is 11.3 Å². The van der Waals surface area contributed by atoms with E-state index >= 15 is 0 Å². The number of hydrogen-bond acceptors (Lipinski definition) is 5. The molecule has 1 heterocycles. The van der Waals surface area contributed by atoms with E-state index in [0.29, 0.717) is 5.01 Å². The number of ether oxygens (including phenoxy) is 1. The van der Waals surface area contributed by atoms with Gasteiger partial charge in [-0.3, -0.25) is 0 Å². The monoisotopic (exact) mass is 241 g/mol. The number of halogens is 3. The third kappa shape index (κ3) is 4.93. The molecule has 0 aliphatic rings. The molecule has 0 fully saturated rings. The molecule has 0 aromatic carbocycles. The van der Waals surface area contributed by atoms with Crippen molar-refractivity contribution in [1.82, 2.24) is 10.2 Å². The Morgan fingerprint density at radius 3 is 2.60 bits per heavy atom. The largest absolute Gasteiger partial charge is 0.469 e. The number of aromatic nitrogens is 2. The molecule has 0 saturated carbocycles. The van der Waals surface area contributed by atoms with Crippen LogP contribution in [0, 0.1) is 0 Å². The lowest BCUT2D eigenvalue weighted by atomic mass is 10.3. The fourth-order valence-electron chi connectivity index (χ4n) is 0.811. The highest BCUT2D eigenvalue weighted by Crippen LogP contribution is 2.22. The zero-order chi connectivity index (χ0) is 11.3. The maximum atomic E-state index is 11.7. The van der Waals surface area contributed by atoms with Gasteiger partial charge < -0.3 is 10.5 Å². The standard InChI is InChI=1S/C7H10F3N3OS/c8-7(9,10)2-1-3-14-6-13-12-5(4-11)15-6/h1-4,11H2. The van der Waals surface area contributed by atoms with E-state index < -0.39 is 12.6 Å². The second-order valence-electron chi connectivity index (χ2n) is 2.73. The van der Waals surface area contributed by atoms with Gasteiger partial charge in [-0.25, -0.2) is 0 Å². The second kappa shape index (κ2) is 5.26. The average molecular weight is 241 g/mol. The molecule has 86 valence electrons. The van der Waals surface area contributed by atoms with Crippen molar-refractivity contribution in [1.29, 1.82) is 0 Å². The van der Waals surface area contributed by atoms with E-state index in [2.05, 4.69) is 10.2 Å². The Morgan fingerprint density at radius 2 is 2.07 bits per heavy atom. The number of nitrogens with zero attached hydrogens (tertiary/aromatic N) is 2. The third-order valence-electron chi connectivity index (χ3n) is 1.45. The smallest absolute Gasteiger partial charge is 0.389 e. The van der Waals surface area contributed by atoms with E-state index in [4.69, 9.17) is 10.5 Å². The highest BCUT2D eigenvalue weighted by molar-refractivity contribution is 7.13. The Morgan fingerprint density at radius 1 is 1.33 bits per heavy atom. The summed E-state index contributed by atoms with van der Waals surface area (Å²) in [7, 11) is 0. The number of hydrogen-bond donors (Lipinski definition) is 1. The molecule has 0 unspecified atom stereocenters. The van der Waals surface area contributed by atoms with Crippen molar-refractivity contribution in [2.75, 3.05) is 6.61 Å². The van der Waals surface area contributed by atoms with Crippen LogP contribution in [0.2, 0.25) is 0 Å². The molecule has 4 nitrogen and oxygen atoms in total. The van der Waals surface area contributed by atoms with Gasteiger partial charge in [0.1, 0.15) is 5.01 Å². The van der Waals surface area contributed by atoms with E-state index in [1.165, 1.54) is 0 Å². The zero-order valence-electron chi connectivity index (χ0n) is 7.75. The normalized spacial score (nSPS) is 11.7. The molecule has 0 radical (unpaired) electrons. The first kappa shape index (κ1) is 12.2. The molecule has 0 aliphatic carbocycles. The van der Waals surface area contributed by atoms with Gasteiger partial charge in [0.25, 0.3) is 5.19 Å². The SMILES string of the molecule is NCc1nnc(OCCCC(F)(F)F)s1. The van der Waals surface area contributed by atoms with Gasteiger partial charge in [-0.05, 0) is 6.42 Å². The minimum atomic E-state index is -4.13.